The molecule has 0 amide bonds. The number of rotatable bonds is 6. The Hall–Kier alpha value is -0.430. The van der Waals surface area contributed by atoms with Gasteiger partial charge in [0.05, 0.1) is 35.1 Å². The number of ether oxygens (including phenoxy) is 1. The van der Waals surface area contributed by atoms with Gasteiger partial charge in [-0.2, -0.15) is 5.10 Å². The van der Waals surface area contributed by atoms with Gasteiger partial charge in [0.1, 0.15) is 0 Å². The third-order valence-corrected chi connectivity index (χ3v) is 3.95. The van der Waals surface area contributed by atoms with Gasteiger partial charge in [-0.25, -0.2) is 0 Å². The molecule has 1 rings (SSSR count). The summed E-state index contributed by atoms with van der Waals surface area (Å²) in [7, 11) is 5.81. The number of nitrogens with zero attached hydrogens (tertiary/aromatic N) is 3. The number of halogens is 1. The minimum absolute atomic E-state index is 0.0374. The van der Waals surface area contributed by atoms with Crippen LogP contribution in [0.2, 0.25) is 0 Å². The summed E-state index contributed by atoms with van der Waals surface area (Å²) in [6, 6.07) is -0.223. The normalized spacial score (nSPS) is 15.7. The van der Waals surface area contributed by atoms with E-state index in [0.29, 0.717) is 0 Å². The van der Waals surface area contributed by atoms with Crippen LogP contribution >= 0.6 is 15.9 Å². The molecule has 2 atom stereocenters. The number of aromatic nitrogens is 2. The fourth-order valence-corrected chi connectivity index (χ4v) is 2.92. The molecule has 6 heteroatoms. The van der Waals surface area contributed by atoms with E-state index in [0.717, 1.165) is 23.3 Å². The number of nitrogens with two attached hydrogens (primary N) is 1. The summed E-state index contributed by atoms with van der Waals surface area (Å²) in [5.74, 6) is 0. The van der Waals surface area contributed by atoms with Crippen LogP contribution in [0.1, 0.15) is 32.5 Å². The number of hydrogen-bond acceptors (Lipinski definition) is 4. The van der Waals surface area contributed by atoms with E-state index in [1.54, 1.807) is 13.3 Å². The Labute approximate surface area is 130 Å². The molecule has 116 valence electrons. The zero-order valence-corrected chi connectivity index (χ0v) is 14.9. The monoisotopic (exact) mass is 346 g/mol. The molecule has 0 aliphatic carbocycles. The Balaban J connectivity index is 3.02. The van der Waals surface area contributed by atoms with E-state index >= 15 is 0 Å². The van der Waals surface area contributed by atoms with Crippen LogP contribution in [-0.4, -0.2) is 48.5 Å². The van der Waals surface area contributed by atoms with E-state index < -0.39 is 0 Å². The minimum atomic E-state index is -0.223. The Bertz CT molecular complexity index is 425. The highest BCUT2D eigenvalue weighted by atomic mass is 79.9. The molecule has 0 aromatic carbocycles. The first kappa shape index (κ1) is 17.6. The number of hydrogen-bond donors (Lipinski definition) is 1. The predicted octanol–water partition coefficient (Wildman–Crippen LogP) is 2.27. The van der Waals surface area contributed by atoms with Crippen molar-refractivity contribution in [2.24, 2.45) is 11.1 Å². The van der Waals surface area contributed by atoms with Gasteiger partial charge in [0.15, 0.2) is 0 Å². The lowest BCUT2D eigenvalue weighted by Crippen LogP contribution is -2.40. The van der Waals surface area contributed by atoms with E-state index in [9.17, 15) is 0 Å². The molecule has 2 N–H and O–H groups in total. The third-order valence-electron chi connectivity index (χ3n) is 3.34. The summed E-state index contributed by atoms with van der Waals surface area (Å²) < 4.78 is 8.54. The molecule has 1 heterocycles. The zero-order chi connectivity index (χ0) is 15.5. The van der Waals surface area contributed by atoms with Crippen molar-refractivity contribution in [1.82, 2.24) is 14.7 Å². The smallest absolute Gasteiger partial charge is 0.0827 e. The van der Waals surface area contributed by atoms with Gasteiger partial charge < -0.3 is 15.4 Å². The lowest BCUT2D eigenvalue weighted by molar-refractivity contribution is -0.00453. The van der Waals surface area contributed by atoms with Crippen LogP contribution in [0.15, 0.2) is 10.7 Å². The maximum Gasteiger partial charge on any atom is 0.0827 e. The second-order valence-corrected chi connectivity index (χ2v) is 7.31. The average molecular weight is 347 g/mol. The van der Waals surface area contributed by atoms with Crippen molar-refractivity contribution in [1.29, 1.82) is 0 Å². The van der Waals surface area contributed by atoms with Crippen molar-refractivity contribution < 1.29 is 4.74 Å². The van der Waals surface area contributed by atoms with Crippen LogP contribution in [-0.2, 0) is 11.3 Å². The maximum atomic E-state index is 6.46. The zero-order valence-electron chi connectivity index (χ0n) is 13.4. The molecule has 0 spiro atoms. The molecule has 0 aliphatic heterocycles. The van der Waals surface area contributed by atoms with Gasteiger partial charge in [-0.15, -0.1) is 0 Å². The Morgan fingerprint density at radius 2 is 2.05 bits per heavy atom. The van der Waals surface area contributed by atoms with Gasteiger partial charge in [-0.1, -0.05) is 20.8 Å². The fraction of sp³-hybridized carbons (Fsp3) is 0.786. The summed E-state index contributed by atoms with van der Waals surface area (Å²) in [5, 5.41) is 4.42. The van der Waals surface area contributed by atoms with Crippen molar-refractivity contribution in [3.8, 4) is 0 Å². The molecule has 5 nitrogen and oxygen atoms in total. The molecule has 1 aromatic heterocycles. The maximum absolute atomic E-state index is 6.46. The fourth-order valence-electron chi connectivity index (χ4n) is 2.36. The molecule has 0 bridgehead atoms. The second kappa shape index (κ2) is 7.02. The van der Waals surface area contributed by atoms with Crippen LogP contribution in [0.5, 0.6) is 0 Å². The van der Waals surface area contributed by atoms with Gasteiger partial charge in [0, 0.05) is 13.7 Å². The van der Waals surface area contributed by atoms with E-state index in [-0.39, 0.29) is 17.6 Å². The highest BCUT2D eigenvalue weighted by molar-refractivity contribution is 9.10. The van der Waals surface area contributed by atoms with E-state index in [4.69, 9.17) is 10.5 Å². The van der Waals surface area contributed by atoms with Gasteiger partial charge in [-0.3, -0.25) is 4.68 Å². The van der Waals surface area contributed by atoms with E-state index in [1.165, 1.54) is 0 Å². The standard InChI is InChI=1S/C14H27BrN4O/c1-14(2,3)13(20-6)11(16)12-10(15)9-17-19(12)8-7-18(4)5/h9,11,13H,7-8,16H2,1-6H3. The van der Waals surface area contributed by atoms with E-state index in [1.807, 2.05) is 18.8 Å². The van der Waals surface area contributed by atoms with Crippen molar-refractivity contribution in [2.75, 3.05) is 27.7 Å². The third kappa shape index (κ3) is 4.28. The molecule has 2 unspecified atom stereocenters. The lowest BCUT2D eigenvalue weighted by Gasteiger charge is -2.34. The molecule has 0 radical (unpaired) electrons. The van der Waals surface area contributed by atoms with Crippen molar-refractivity contribution in [3.63, 3.8) is 0 Å². The average Bonchev–Trinajstić information content (AvgIpc) is 2.66. The molecule has 0 aliphatic rings. The largest absolute Gasteiger partial charge is 0.379 e. The van der Waals surface area contributed by atoms with E-state index in [2.05, 4.69) is 46.7 Å². The molecule has 0 fully saturated rings. The highest BCUT2D eigenvalue weighted by Gasteiger charge is 2.34. The summed E-state index contributed by atoms with van der Waals surface area (Å²) >= 11 is 3.56. The van der Waals surface area contributed by atoms with Crippen LogP contribution in [0.4, 0.5) is 0 Å². The van der Waals surface area contributed by atoms with Crippen molar-refractivity contribution in [3.05, 3.63) is 16.4 Å². The molecule has 1 aromatic rings. The first-order chi connectivity index (χ1) is 9.18. The van der Waals surface area contributed by atoms with Crippen LogP contribution in [0.3, 0.4) is 0 Å². The first-order valence-electron chi connectivity index (χ1n) is 6.82. The summed E-state index contributed by atoms with van der Waals surface area (Å²) in [4.78, 5) is 2.13. The Morgan fingerprint density at radius 1 is 1.45 bits per heavy atom. The second-order valence-electron chi connectivity index (χ2n) is 6.45. The summed E-state index contributed by atoms with van der Waals surface area (Å²) in [5.41, 5.74) is 7.42. The number of likely N-dealkylation sites (N-methyl/N-ethyl adjacent to an activating group) is 1. The quantitative estimate of drug-likeness (QED) is 0.858. The molecule has 20 heavy (non-hydrogen) atoms. The van der Waals surface area contributed by atoms with Crippen molar-refractivity contribution in [2.45, 2.75) is 39.5 Å². The van der Waals surface area contributed by atoms with Gasteiger partial charge >= 0.3 is 0 Å². The molecular weight excluding hydrogens is 320 g/mol. The topological polar surface area (TPSA) is 56.3 Å². The lowest BCUT2D eigenvalue weighted by atomic mass is 9.83. The molecule has 0 saturated heterocycles. The van der Waals surface area contributed by atoms with Crippen LogP contribution in [0.25, 0.3) is 0 Å². The first-order valence-corrected chi connectivity index (χ1v) is 7.62. The van der Waals surface area contributed by atoms with Gasteiger partial charge in [0.25, 0.3) is 0 Å². The highest BCUT2D eigenvalue weighted by Crippen LogP contribution is 2.33. The number of methoxy groups -OCH3 is 1. The minimum Gasteiger partial charge on any atom is -0.379 e. The van der Waals surface area contributed by atoms with Gasteiger partial charge in [-0.05, 0) is 35.4 Å². The summed E-state index contributed by atoms with van der Waals surface area (Å²) in [6.07, 6.45) is 1.73. The van der Waals surface area contributed by atoms with Crippen LogP contribution in [0, 0.1) is 5.41 Å². The predicted molar refractivity (Wildman–Crippen MR) is 85.7 cm³/mol. The Kier molecular flexibility index (Phi) is 6.19. The molecular formula is C14H27BrN4O. The van der Waals surface area contributed by atoms with Crippen molar-refractivity contribution >= 4 is 15.9 Å². The van der Waals surface area contributed by atoms with Gasteiger partial charge in [0.2, 0.25) is 0 Å². The van der Waals surface area contributed by atoms with Crippen LogP contribution < -0.4 is 5.73 Å². The SMILES string of the molecule is COC(C(N)c1c(Br)cnn1CCN(C)C)C(C)(C)C. The summed E-state index contributed by atoms with van der Waals surface area (Å²) in [6.45, 7) is 8.13. The molecule has 0 saturated carbocycles. The Morgan fingerprint density at radius 3 is 2.50 bits per heavy atom.